The van der Waals surface area contributed by atoms with E-state index in [1.807, 2.05) is 30.3 Å². The molecule has 0 saturated carbocycles. The van der Waals surface area contributed by atoms with Crippen molar-refractivity contribution in [1.29, 1.82) is 0 Å². The molecule has 0 unspecified atom stereocenters. The van der Waals surface area contributed by atoms with E-state index < -0.39 is 11.9 Å². The number of benzene rings is 2. The quantitative estimate of drug-likeness (QED) is 0.896. The van der Waals surface area contributed by atoms with Crippen LogP contribution in [0, 0.1) is 19.8 Å². The van der Waals surface area contributed by atoms with Crippen LogP contribution in [0.15, 0.2) is 48.5 Å². The standard InChI is InChI=1S/C22H25NO3/c1-15-10-16(2)12-17(11-15)8-9-21(24)23-13-19(20(14-23)22(25)26)18-6-4-3-5-7-18/h3-7,10-12,19-20H,8-9,13-14H2,1-2H3,(H,25,26)/t19-,20+/m1/s1. The Kier molecular flexibility index (Phi) is 5.40. The van der Waals surface area contributed by atoms with Crippen molar-refractivity contribution in [2.24, 2.45) is 5.92 Å². The first-order chi connectivity index (χ1) is 12.4. The van der Waals surface area contributed by atoms with Crippen LogP contribution in [-0.4, -0.2) is 35.0 Å². The van der Waals surface area contributed by atoms with E-state index in [0.29, 0.717) is 25.9 Å². The summed E-state index contributed by atoms with van der Waals surface area (Å²) in [7, 11) is 0. The summed E-state index contributed by atoms with van der Waals surface area (Å²) in [5.74, 6) is -1.47. The fourth-order valence-electron chi connectivity index (χ4n) is 3.92. The predicted octanol–water partition coefficient (Wildman–Crippen LogP) is 3.56. The molecule has 0 radical (unpaired) electrons. The Hall–Kier alpha value is -2.62. The van der Waals surface area contributed by atoms with Crippen LogP contribution < -0.4 is 0 Å². The number of carboxylic acid groups (broad SMARTS) is 1. The van der Waals surface area contributed by atoms with Gasteiger partial charge in [-0.1, -0.05) is 59.7 Å². The number of carboxylic acids is 1. The molecule has 2 aromatic carbocycles. The van der Waals surface area contributed by atoms with Gasteiger partial charge in [0.2, 0.25) is 5.91 Å². The molecule has 4 heteroatoms. The van der Waals surface area contributed by atoms with E-state index in [1.165, 1.54) is 11.1 Å². The van der Waals surface area contributed by atoms with Crippen LogP contribution in [0.3, 0.4) is 0 Å². The van der Waals surface area contributed by atoms with E-state index in [9.17, 15) is 14.7 Å². The summed E-state index contributed by atoms with van der Waals surface area (Å²) < 4.78 is 0. The minimum absolute atomic E-state index is 0.0360. The van der Waals surface area contributed by atoms with Crippen molar-refractivity contribution in [2.45, 2.75) is 32.6 Å². The first-order valence-corrected chi connectivity index (χ1v) is 9.06. The molecule has 1 saturated heterocycles. The number of aryl methyl sites for hydroxylation is 3. The molecule has 1 amide bonds. The van der Waals surface area contributed by atoms with Crippen molar-refractivity contribution in [3.05, 3.63) is 70.8 Å². The van der Waals surface area contributed by atoms with E-state index in [2.05, 4.69) is 32.0 Å². The van der Waals surface area contributed by atoms with Crippen molar-refractivity contribution in [3.63, 3.8) is 0 Å². The number of carbonyl (C=O) groups excluding carboxylic acids is 1. The summed E-state index contributed by atoms with van der Waals surface area (Å²) >= 11 is 0. The van der Waals surface area contributed by atoms with Crippen LogP contribution in [0.5, 0.6) is 0 Å². The van der Waals surface area contributed by atoms with Crippen molar-refractivity contribution < 1.29 is 14.7 Å². The molecule has 2 aromatic rings. The third-order valence-electron chi connectivity index (χ3n) is 5.13. The maximum Gasteiger partial charge on any atom is 0.308 e. The number of hydrogen-bond acceptors (Lipinski definition) is 2. The number of nitrogens with zero attached hydrogens (tertiary/aromatic N) is 1. The fraction of sp³-hybridized carbons (Fsp3) is 0.364. The molecular weight excluding hydrogens is 326 g/mol. The van der Waals surface area contributed by atoms with Crippen LogP contribution in [0.4, 0.5) is 0 Å². The lowest BCUT2D eigenvalue weighted by Gasteiger charge is -2.17. The third kappa shape index (κ3) is 4.13. The fourth-order valence-corrected chi connectivity index (χ4v) is 3.92. The second-order valence-electron chi connectivity index (χ2n) is 7.26. The van der Waals surface area contributed by atoms with Gasteiger partial charge in [-0.25, -0.2) is 0 Å². The Morgan fingerprint density at radius 1 is 1.04 bits per heavy atom. The summed E-state index contributed by atoms with van der Waals surface area (Å²) in [6.45, 7) is 4.88. The highest BCUT2D eigenvalue weighted by atomic mass is 16.4. The highest BCUT2D eigenvalue weighted by Gasteiger charge is 2.40. The van der Waals surface area contributed by atoms with Gasteiger partial charge in [-0.3, -0.25) is 9.59 Å². The van der Waals surface area contributed by atoms with Gasteiger partial charge in [0, 0.05) is 25.4 Å². The van der Waals surface area contributed by atoms with Crippen LogP contribution in [0.2, 0.25) is 0 Å². The van der Waals surface area contributed by atoms with Gasteiger partial charge in [-0.05, 0) is 31.4 Å². The van der Waals surface area contributed by atoms with Crippen molar-refractivity contribution >= 4 is 11.9 Å². The topological polar surface area (TPSA) is 57.6 Å². The van der Waals surface area contributed by atoms with E-state index >= 15 is 0 Å². The minimum Gasteiger partial charge on any atom is -0.481 e. The number of likely N-dealkylation sites (tertiary alicyclic amines) is 1. The van der Waals surface area contributed by atoms with E-state index in [0.717, 1.165) is 11.1 Å². The summed E-state index contributed by atoms with van der Waals surface area (Å²) in [4.78, 5) is 26.1. The maximum atomic E-state index is 12.7. The molecule has 1 fully saturated rings. The average molecular weight is 351 g/mol. The lowest BCUT2D eigenvalue weighted by Crippen LogP contribution is -2.30. The molecule has 26 heavy (non-hydrogen) atoms. The van der Waals surface area contributed by atoms with E-state index in [-0.39, 0.29) is 11.8 Å². The molecule has 1 N–H and O–H groups in total. The predicted molar refractivity (Wildman–Crippen MR) is 101 cm³/mol. The molecule has 0 spiro atoms. The second-order valence-corrected chi connectivity index (χ2v) is 7.26. The van der Waals surface area contributed by atoms with Gasteiger partial charge in [0.05, 0.1) is 5.92 Å². The number of amides is 1. The monoisotopic (exact) mass is 351 g/mol. The number of aliphatic carboxylic acids is 1. The lowest BCUT2D eigenvalue weighted by atomic mass is 9.89. The number of carbonyl (C=O) groups is 2. The average Bonchev–Trinajstić information content (AvgIpc) is 3.05. The van der Waals surface area contributed by atoms with E-state index in [1.54, 1.807) is 4.90 Å². The lowest BCUT2D eigenvalue weighted by molar-refractivity contribution is -0.141. The first-order valence-electron chi connectivity index (χ1n) is 9.06. The third-order valence-corrected chi connectivity index (χ3v) is 5.13. The van der Waals surface area contributed by atoms with Gasteiger partial charge in [0.15, 0.2) is 0 Å². The van der Waals surface area contributed by atoms with Crippen LogP contribution >= 0.6 is 0 Å². The van der Waals surface area contributed by atoms with Crippen LogP contribution in [-0.2, 0) is 16.0 Å². The molecule has 1 heterocycles. The number of hydrogen-bond donors (Lipinski definition) is 1. The zero-order valence-corrected chi connectivity index (χ0v) is 15.3. The highest BCUT2D eigenvalue weighted by molar-refractivity contribution is 5.80. The first kappa shape index (κ1) is 18.2. The highest BCUT2D eigenvalue weighted by Crippen LogP contribution is 2.33. The molecule has 1 aliphatic rings. The summed E-state index contributed by atoms with van der Waals surface area (Å²) in [5.41, 5.74) is 4.54. The second kappa shape index (κ2) is 7.73. The number of rotatable bonds is 5. The van der Waals surface area contributed by atoms with Gasteiger partial charge >= 0.3 is 5.97 Å². The van der Waals surface area contributed by atoms with Crippen molar-refractivity contribution in [1.82, 2.24) is 4.90 Å². The Morgan fingerprint density at radius 2 is 1.69 bits per heavy atom. The zero-order valence-electron chi connectivity index (χ0n) is 15.3. The summed E-state index contributed by atoms with van der Waals surface area (Å²) in [6, 6.07) is 16.0. The van der Waals surface area contributed by atoms with Crippen LogP contribution in [0.1, 0.15) is 34.6 Å². The van der Waals surface area contributed by atoms with Crippen molar-refractivity contribution in [2.75, 3.05) is 13.1 Å². The SMILES string of the molecule is Cc1cc(C)cc(CCC(=O)N2C[C@H](C(=O)O)[C@@H](c3ccccc3)C2)c1. The Bertz CT molecular complexity index is 780. The Balaban J connectivity index is 1.67. The van der Waals surface area contributed by atoms with Crippen LogP contribution in [0.25, 0.3) is 0 Å². The Morgan fingerprint density at radius 3 is 2.31 bits per heavy atom. The summed E-state index contributed by atoms with van der Waals surface area (Å²) in [6.07, 6.45) is 1.10. The Labute approximate surface area is 154 Å². The van der Waals surface area contributed by atoms with Crippen molar-refractivity contribution in [3.8, 4) is 0 Å². The summed E-state index contributed by atoms with van der Waals surface area (Å²) in [5, 5.41) is 9.58. The van der Waals surface area contributed by atoms with E-state index in [4.69, 9.17) is 0 Å². The maximum absolute atomic E-state index is 12.7. The van der Waals surface area contributed by atoms with Gasteiger partial charge in [0.25, 0.3) is 0 Å². The smallest absolute Gasteiger partial charge is 0.308 e. The normalized spacial score (nSPS) is 19.5. The largest absolute Gasteiger partial charge is 0.481 e. The molecule has 0 aliphatic carbocycles. The molecule has 1 aliphatic heterocycles. The molecule has 136 valence electrons. The molecule has 4 nitrogen and oxygen atoms in total. The zero-order chi connectivity index (χ0) is 18.7. The molecular formula is C22H25NO3. The van der Waals surface area contributed by atoms with Gasteiger partial charge in [-0.15, -0.1) is 0 Å². The van der Waals surface area contributed by atoms with Gasteiger partial charge in [-0.2, -0.15) is 0 Å². The molecule has 3 rings (SSSR count). The van der Waals surface area contributed by atoms with Gasteiger partial charge < -0.3 is 10.0 Å². The molecule has 0 bridgehead atoms. The molecule has 2 atom stereocenters. The molecule has 0 aromatic heterocycles. The minimum atomic E-state index is -0.830. The van der Waals surface area contributed by atoms with Gasteiger partial charge in [0.1, 0.15) is 0 Å².